The Bertz CT molecular complexity index is 865. The molecule has 0 aromatic heterocycles. The first-order valence-electron chi connectivity index (χ1n) is 6.57. The SMILES string of the molecule is Cc1cc(F)ccc1S(=O)(=O)N1CCc2c(F)cc(F)cc21. The van der Waals surface area contributed by atoms with Crippen molar-refractivity contribution in [3.63, 3.8) is 0 Å². The average Bonchev–Trinajstić information content (AvgIpc) is 2.82. The molecule has 0 atom stereocenters. The van der Waals surface area contributed by atoms with Gasteiger partial charge < -0.3 is 0 Å². The summed E-state index contributed by atoms with van der Waals surface area (Å²) in [5, 5.41) is 0. The van der Waals surface area contributed by atoms with Crippen molar-refractivity contribution in [2.45, 2.75) is 18.2 Å². The van der Waals surface area contributed by atoms with Crippen LogP contribution in [0, 0.1) is 24.4 Å². The van der Waals surface area contributed by atoms with E-state index in [4.69, 9.17) is 0 Å². The monoisotopic (exact) mass is 327 g/mol. The van der Waals surface area contributed by atoms with Crippen LogP contribution in [0.3, 0.4) is 0 Å². The van der Waals surface area contributed by atoms with E-state index in [9.17, 15) is 21.6 Å². The molecule has 0 amide bonds. The van der Waals surface area contributed by atoms with Crippen molar-refractivity contribution in [1.82, 2.24) is 0 Å². The molecule has 2 aromatic carbocycles. The molecule has 0 saturated heterocycles. The third-order valence-electron chi connectivity index (χ3n) is 3.68. The molecule has 2 aromatic rings. The molecule has 3 rings (SSSR count). The van der Waals surface area contributed by atoms with Crippen molar-refractivity contribution in [3.8, 4) is 0 Å². The minimum Gasteiger partial charge on any atom is -0.266 e. The molecule has 0 aliphatic carbocycles. The summed E-state index contributed by atoms with van der Waals surface area (Å²) in [5.41, 5.74) is 0.413. The number of fused-ring (bicyclic) bond motifs is 1. The van der Waals surface area contributed by atoms with E-state index in [0.717, 1.165) is 34.6 Å². The minimum absolute atomic E-state index is 0.00113. The molecule has 0 N–H and O–H groups in total. The van der Waals surface area contributed by atoms with Gasteiger partial charge in [0.05, 0.1) is 10.6 Å². The van der Waals surface area contributed by atoms with Gasteiger partial charge in [-0.3, -0.25) is 4.31 Å². The van der Waals surface area contributed by atoms with Crippen molar-refractivity contribution in [1.29, 1.82) is 0 Å². The first-order chi connectivity index (χ1) is 10.3. The summed E-state index contributed by atoms with van der Waals surface area (Å²) < 4.78 is 66.7. The summed E-state index contributed by atoms with van der Waals surface area (Å²) in [6.07, 6.45) is 0.168. The van der Waals surface area contributed by atoms with Gasteiger partial charge in [0.25, 0.3) is 10.0 Å². The lowest BCUT2D eigenvalue weighted by Gasteiger charge is -2.20. The van der Waals surface area contributed by atoms with Crippen LogP contribution in [0.25, 0.3) is 0 Å². The molecule has 0 saturated carbocycles. The largest absolute Gasteiger partial charge is 0.266 e. The number of benzene rings is 2. The fourth-order valence-corrected chi connectivity index (χ4v) is 4.36. The second-order valence-electron chi connectivity index (χ2n) is 5.12. The molecule has 0 unspecified atom stereocenters. The quantitative estimate of drug-likeness (QED) is 0.850. The molecule has 3 nitrogen and oxygen atoms in total. The van der Waals surface area contributed by atoms with Crippen LogP contribution in [0.2, 0.25) is 0 Å². The van der Waals surface area contributed by atoms with Gasteiger partial charge in [0.15, 0.2) is 0 Å². The van der Waals surface area contributed by atoms with Crippen molar-refractivity contribution in [2.24, 2.45) is 0 Å². The molecule has 1 heterocycles. The number of halogens is 3. The van der Waals surface area contributed by atoms with Gasteiger partial charge in [0.2, 0.25) is 0 Å². The maximum atomic E-state index is 13.7. The van der Waals surface area contributed by atoms with Crippen LogP contribution in [-0.2, 0) is 16.4 Å². The number of hydrogen-bond acceptors (Lipinski definition) is 2. The average molecular weight is 327 g/mol. The third-order valence-corrected chi connectivity index (χ3v) is 5.65. The normalized spacial score (nSPS) is 14.3. The number of anilines is 1. The Labute approximate surface area is 126 Å². The first-order valence-corrected chi connectivity index (χ1v) is 8.01. The molecular formula is C15H12F3NO2S. The second kappa shape index (κ2) is 5.01. The third kappa shape index (κ3) is 2.25. The van der Waals surface area contributed by atoms with Gasteiger partial charge >= 0.3 is 0 Å². The maximum absolute atomic E-state index is 13.7. The topological polar surface area (TPSA) is 37.4 Å². The lowest BCUT2D eigenvalue weighted by Crippen LogP contribution is -2.29. The van der Waals surface area contributed by atoms with E-state index in [0.29, 0.717) is 0 Å². The predicted molar refractivity (Wildman–Crippen MR) is 75.7 cm³/mol. The van der Waals surface area contributed by atoms with Crippen molar-refractivity contribution >= 4 is 15.7 Å². The van der Waals surface area contributed by atoms with E-state index < -0.39 is 27.5 Å². The van der Waals surface area contributed by atoms with Gasteiger partial charge in [-0.1, -0.05) is 0 Å². The highest BCUT2D eigenvalue weighted by Crippen LogP contribution is 2.35. The Morgan fingerprint density at radius 1 is 1.05 bits per heavy atom. The molecule has 1 aliphatic rings. The van der Waals surface area contributed by atoms with E-state index in [1.807, 2.05) is 0 Å². The van der Waals surface area contributed by atoms with Crippen molar-refractivity contribution in [2.75, 3.05) is 10.8 Å². The summed E-state index contributed by atoms with van der Waals surface area (Å²) in [7, 11) is -4.00. The summed E-state index contributed by atoms with van der Waals surface area (Å²) in [6.45, 7) is 1.49. The number of nitrogens with zero attached hydrogens (tertiary/aromatic N) is 1. The van der Waals surface area contributed by atoms with Crippen LogP contribution in [0.4, 0.5) is 18.9 Å². The fourth-order valence-electron chi connectivity index (χ4n) is 2.66. The van der Waals surface area contributed by atoms with Crippen molar-refractivity contribution in [3.05, 3.63) is 58.9 Å². The van der Waals surface area contributed by atoms with E-state index in [1.54, 1.807) is 0 Å². The lowest BCUT2D eigenvalue weighted by atomic mass is 10.1. The van der Waals surface area contributed by atoms with Crippen LogP contribution >= 0.6 is 0 Å². The van der Waals surface area contributed by atoms with E-state index >= 15 is 0 Å². The zero-order valence-electron chi connectivity index (χ0n) is 11.6. The molecule has 0 radical (unpaired) electrons. The van der Waals surface area contributed by atoms with Crippen LogP contribution in [0.1, 0.15) is 11.1 Å². The van der Waals surface area contributed by atoms with Crippen LogP contribution in [0.15, 0.2) is 35.2 Å². The second-order valence-corrected chi connectivity index (χ2v) is 6.95. The molecule has 1 aliphatic heterocycles. The maximum Gasteiger partial charge on any atom is 0.264 e. The van der Waals surface area contributed by atoms with Gasteiger partial charge in [-0.2, -0.15) is 0 Å². The van der Waals surface area contributed by atoms with Gasteiger partial charge in [-0.15, -0.1) is 0 Å². The highest BCUT2D eigenvalue weighted by Gasteiger charge is 2.33. The van der Waals surface area contributed by atoms with Crippen LogP contribution in [-0.4, -0.2) is 15.0 Å². The van der Waals surface area contributed by atoms with E-state index in [2.05, 4.69) is 0 Å². The number of sulfonamides is 1. The predicted octanol–water partition coefficient (Wildman–Crippen LogP) is 3.16. The fraction of sp³-hybridized carbons (Fsp3) is 0.200. The van der Waals surface area contributed by atoms with E-state index in [1.165, 1.54) is 6.92 Å². The molecule has 116 valence electrons. The summed E-state index contributed by atoms with van der Waals surface area (Å²) in [5.74, 6) is -2.15. The Morgan fingerprint density at radius 2 is 1.77 bits per heavy atom. The number of hydrogen-bond donors (Lipinski definition) is 0. The highest BCUT2D eigenvalue weighted by molar-refractivity contribution is 7.93. The molecule has 7 heteroatoms. The summed E-state index contributed by atoms with van der Waals surface area (Å²) >= 11 is 0. The first kappa shape index (κ1) is 14.9. The van der Waals surface area contributed by atoms with Crippen molar-refractivity contribution < 1.29 is 21.6 Å². The molecule has 0 fully saturated rings. The van der Waals surface area contributed by atoms with Crippen LogP contribution in [0.5, 0.6) is 0 Å². The van der Waals surface area contributed by atoms with Gasteiger partial charge in [-0.05, 0) is 43.2 Å². The van der Waals surface area contributed by atoms with Gasteiger partial charge in [0, 0.05) is 18.2 Å². The van der Waals surface area contributed by atoms with Gasteiger partial charge in [-0.25, -0.2) is 21.6 Å². The number of aryl methyl sites for hydroxylation is 1. The Balaban J connectivity index is 2.14. The standard InChI is InChI=1S/C15H12F3NO2S/c1-9-6-10(16)2-3-15(9)22(20,21)19-5-4-12-13(18)7-11(17)8-14(12)19/h2-3,6-8H,4-5H2,1H3. The Hall–Kier alpha value is -2.02. The zero-order valence-corrected chi connectivity index (χ0v) is 12.4. The molecular weight excluding hydrogens is 315 g/mol. The smallest absolute Gasteiger partial charge is 0.264 e. The summed E-state index contributed by atoms with van der Waals surface area (Å²) in [4.78, 5) is -0.0774. The Morgan fingerprint density at radius 3 is 2.45 bits per heavy atom. The minimum atomic E-state index is -4.00. The highest BCUT2D eigenvalue weighted by atomic mass is 32.2. The molecule has 0 spiro atoms. The van der Waals surface area contributed by atoms with E-state index in [-0.39, 0.29) is 34.7 Å². The Kier molecular flexibility index (Phi) is 3.40. The van der Waals surface area contributed by atoms with Gasteiger partial charge in [0.1, 0.15) is 17.5 Å². The summed E-state index contributed by atoms with van der Waals surface area (Å²) in [6, 6.07) is 5.05. The number of rotatable bonds is 2. The molecule has 22 heavy (non-hydrogen) atoms. The molecule has 0 bridgehead atoms. The lowest BCUT2D eigenvalue weighted by molar-refractivity contribution is 0.577. The zero-order chi connectivity index (χ0) is 16.1. The van der Waals surface area contributed by atoms with Crippen LogP contribution < -0.4 is 4.31 Å².